The molecule has 3 heterocycles. The maximum absolute atomic E-state index is 13.2. The number of hydrogen-bond donors (Lipinski definition) is 1. The maximum atomic E-state index is 13.2. The van der Waals surface area contributed by atoms with Crippen molar-refractivity contribution in [1.82, 2.24) is 19.8 Å². The Morgan fingerprint density at radius 2 is 1.76 bits per heavy atom. The highest BCUT2D eigenvalue weighted by atomic mass is 79.9. The van der Waals surface area contributed by atoms with Crippen LogP contribution < -0.4 is 10.9 Å². The van der Waals surface area contributed by atoms with E-state index in [0.29, 0.717) is 30.7 Å². The van der Waals surface area contributed by atoms with Crippen LogP contribution in [0.2, 0.25) is 0 Å². The average Bonchev–Trinajstić information content (AvgIpc) is 2.79. The highest BCUT2D eigenvalue weighted by molar-refractivity contribution is 9.10. The van der Waals surface area contributed by atoms with Crippen molar-refractivity contribution in [2.45, 2.75) is 47.7 Å². The predicted octanol–water partition coefficient (Wildman–Crippen LogP) is 4.29. The van der Waals surface area contributed by atoms with Gasteiger partial charge in [0.15, 0.2) is 0 Å². The quantitative estimate of drug-likeness (QED) is 0.537. The molecule has 0 atom stereocenters. The fraction of sp³-hybridized carbons (Fsp3) is 0.385. The summed E-state index contributed by atoms with van der Waals surface area (Å²) in [4.78, 5) is 45.0. The lowest BCUT2D eigenvalue weighted by Gasteiger charge is -2.45. The Bertz CT molecular complexity index is 1260. The number of carbonyl (C=O) groups excluding carboxylic acids is 2. The van der Waals surface area contributed by atoms with Crippen molar-refractivity contribution in [3.63, 3.8) is 0 Å². The van der Waals surface area contributed by atoms with Gasteiger partial charge >= 0.3 is 0 Å². The first-order chi connectivity index (χ1) is 16.1. The standard InChI is InChI=1S/C24H25BrN4O3.C2H6/c1-15-4-6-16(7-5-15)10-27-22(31)19-9-17-8-18(25)11-26-21(17)29(23(19)32)12-20(30)28-13-24(2,3)14-28;1-2/h4-9,11H,10,12-14H2,1-3H3,(H,27,31);1-2H3. The second-order valence-corrected chi connectivity index (χ2v) is 10.0. The van der Waals surface area contributed by atoms with Crippen LogP contribution in [0, 0.1) is 12.3 Å². The lowest BCUT2D eigenvalue weighted by molar-refractivity contribution is -0.142. The number of likely N-dealkylation sites (tertiary alicyclic amines) is 1. The van der Waals surface area contributed by atoms with Gasteiger partial charge in [0.1, 0.15) is 17.8 Å². The number of hydrogen-bond acceptors (Lipinski definition) is 4. The van der Waals surface area contributed by atoms with Gasteiger partial charge in [-0.3, -0.25) is 19.0 Å². The molecule has 1 aliphatic heterocycles. The first-order valence-corrected chi connectivity index (χ1v) is 12.2. The molecule has 0 unspecified atom stereocenters. The molecule has 0 spiro atoms. The molecule has 1 saturated heterocycles. The number of halogens is 1. The highest BCUT2D eigenvalue weighted by Crippen LogP contribution is 2.29. The highest BCUT2D eigenvalue weighted by Gasteiger charge is 2.37. The van der Waals surface area contributed by atoms with E-state index < -0.39 is 11.5 Å². The summed E-state index contributed by atoms with van der Waals surface area (Å²) in [5.41, 5.74) is 1.99. The zero-order valence-corrected chi connectivity index (χ0v) is 21.9. The molecular formula is C26H31BrN4O3. The van der Waals surface area contributed by atoms with Gasteiger partial charge in [-0.25, -0.2) is 4.98 Å². The van der Waals surface area contributed by atoms with E-state index in [1.807, 2.05) is 45.0 Å². The van der Waals surface area contributed by atoms with Crippen molar-refractivity contribution in [2.24, 2.45) is 5.41 Å². The molecule has 0 bridgehead atoms. The first kappa shape index (κ1) is 25.6. The summed E-state index contributed by atoms with van der Waals surface area (Å²) < 4.78 is 2.02. The molecule has 3 aromatic rings. The Balaban J connectivity index is 0.00000158. The van der Waals surface area contributed by atoms with E-state index in [-0.39, 0.29) is 23.4 Å². The Kier molecular flexibility index (Phi) is 7.92. The van der Waals surface area contributed by atoms with Crippen molar-refractivity contribution >= 4 is 38.8 Å². The number of amides is 2. The number of nitrogens with one attached hydrogen (secondary N) is 1. The van der Waals surface area contributed by atoms with Gasteiger partial charge in [0.05, 0.1) is 0 Å². The van der Waals surface area contributed by atoms with Crippen LogP contribution in [0.25, 0.3) is 11.0 Å². The number of rotatable bonds is 5. The van der Waals surface area contributed by atoms with Crippen LogP contribution in [0.1, 0.15) is 49.2 Å². The van der Waals surface area contributed by atoms with Crippen LogP contribution in [0.15, 0.2) is 51.9 Å². The minimum absolute atomic E-state index is 0.0127. The molecule has 1 fully saturated rings. The van der Waals surface area contributed by atoms with Gasteiger partial charge in [-0.05, 0) is 46.0 Å². The van der Waals surface area contributed by atoms with Crippen LogP contribution in [-0.4, -0.2) is 39.4 Å². The molecule has 1 aromatic carbocycles. The summed E-state index contributed by atoms with van der Waals surface area (Å²) in [6.45, 7) is 11.6. The van der Waals surface area contributed by atoms with Gasteiger partial charge in [-0.15, -0.1) is 0 Å². The van der Waals surface area contributed by atoms with E-state index in [1.165, 1.54) is 10.6 Å². The molecular weight excluding hydrogens is 496 g/mol. The van der Waals surface area contributed by atoms with Crippen molar-refractivity contribution in [3.05, 3.63) is 74.1 Å². The second-order valence-electron chi connectivity index (χ2n) is 9.10. The van der Waals surface area contributed by atoms with Gasteiger partial charge in [0.25, 0.3) is 11.5 Å². The smallest absolute Gasteiger partial charge is 0.265 e. The molecule has 2 aromatic heterocycles. The number of pyridine rings is 2. The average molecular weight is 527 g/mol. The summed E-state index contributed by atoms with van der Waals surface area (Å²) >= 11 is 3.39. The van der Waals surface area contributed by atoms with Crippen LogP contribution in [0.5, 0.6) is 0 Å². The molecule has 1 N–H and O–H groups in total. The topological polar surface area (TPSA) is 84.3 Å². The summed E-state index contributed by atoms with van der Waals surface area (Å²) in [7, 11) is 0. The number of nitrogens with zero attached hydrogens (tertiary/aromatic N) is 3. The van der Waals surface area contributed by atoms with Gasteiger partial charge in [0, 0.05) is 35.7 Å². The van der Waals surface area contributed by atoms with Gasteiger partial charge in [-0.1, -0.05) is 57.5 Å². The molecule has 0 radical (unpaired) electrons. The maximum Gasteiger partial charge on any atom is 0.265 e. The second kappa shape index (κ2) is 10.5. The molecule has 180 valence electrons. The number of fused-ring (bicyclic) bond motifs is 1. The Hall–Kier alpha value is -3.00. The Labute approximate surface area is 208 Å². The molecule has 34 heavy (non-hydrogen) atoms. The van der Waals surface area contributed by atoms with Gasteiger partial charge < -0.3 is 10.2 Å². The predicted molar refractivity (Wildman–Crippen MR) is 138 cm³/mol. The largest absolute Gasteiger partial charge is 0.348 e. The van der Waals surface area contributed by atoms with E-state index in [9.17, 15) is 14.4 Å². The number of benzene rings is 1. The minimum Gasteiger partial charge on any atom is -0.348 e. The van der Waals surface area contributed by atoms with Crippen molar-refractivity contribution in [1.29, 1.82) is 0 Å². The van der Waals surface area contributed by atoms with Crippen molar-refractivity contribution < 1.29 is 9.59 Å². The molecule has 0 aliphatic carbocycles. The zero-order valence-electron chi connectivity index (χ0n) is 20.3. The van der Waals surface area contributed by atoms with E-state index >= 15 is 0 Å². The van der Waals surface area contributed by atoms with Gasteiger partial charge in [-0.2, -0.15) is 0 Å². The molecule has 1 aliphatic rings. The van der Waals surface area contributed by atoms with Crippen molar-refractivity contribution in [3.8, 4) is 0 Å². The third kappa shape index (κ3) is 5.73. The summed E-state index contributed by atoms with van der Waals surface area (Å²) in [6.07, 6.45) is 1.58. The molecule has 4 rings (SSSR count). The summed E-state index contributed by atoms with van der Waals surface area (Å²) in [6, 6.07) is 11.1. The monoisotopic (exact) mass is 526 g/mol. The fourth-order valence-corrected chi connectivity index (χ4v) is 4.28. The lowest BCUT2D eigenvalue weighted by Crippen LogP contribution is -2.56. The van der Waals surface area contributed by atoms with Crippen molar-refractivity contribution in [2.75, 3.05) is 13.1 Å². The van der Waals surface area contributed by atoms with Crippen LogP contribution in [0.4, 0.5) is 0 Å². The molecule has 0 saturated carbocycles. The normalized spacial score (nSPS) is 14.1. The third-order valence-electron chi connectivity index (χ3n) is 5.59. The van der Waals surface area contributed by atoms with E-state index in [4.69, 9.17) is 0 Å². The Morgan fingerprint density at radius 1 is 1.12 bits per heavy atom. The van der Waals surface area contributed by atoms with E-state index in [1.54, 1.807) is 17.2 Å². The lowest BCUT2D eigenvalue weighted by atomic mass is 9.84. The Morgan fingerprint density at radius 3 is 2.38 bits per heavy atom. The number of aryl methyl sites for hydroxylation is 1. The molecule has 2 amide bonds. The van der Waals surface area contributed by atoms with Crippen LogP contribution in [0.3, 0.4) is 0 Å². The minimum atomic E-state index is -0.526. The number of carbonyl (C=O) groups is 2. The fourth-order valence-electron chi connectivity index (χ4n) is 3.93. The first-order valence-electron chi connectivity index (χ1n) is 11.4. The molecule has 8 heteroatoms. The van der Waals surface area contributed by atoms with E-state index in [0.717, 1.165) is 15.6 Å². The SMILES string of the molecule is CC.Cc1ccc(CNC(=O)c2cc3cc(Br)cnc3n(CC(=O)N3CC(C)(C)C3)c2=O)cc1. The third-order valence-corrected chi connectivity index (χ3v) is 6.03. The van der Waals surface area contributed by atoms with E-state index in [2.05, 4.69) is 40.1 Å². The number of aromatic nitrogens is 2. The molecule has 7 nitrogen and oxygen atoms in total. The zero-order chi connectivity index (χ0) is 25.0. The van der Waals surface area contributed by atoms with Crippen LogP contribution in [-0.2, 0) is 17.9 Å². The van der Waals surface area contributed by atoms with Gasteiger partial charge in [0.2, 0.25) is 5.91 Å². The summed E-state index contributed by atoms with van der Waals surface area (Å²) in [5.74, 6) is -0.640. The summed E-state index contributed by atoms with van der Waals surface area (Å²) in [5, 5.41) is 3.42. The van der Waals surface area contributed by atoms with Crippen LogP contribution >= 0.6 is 15.9 Å².